The Labute approximate surface area is 97.9 Å². The molecule has 14 heavy (non-hydrogen) atoms. The van der Waals surface area contributed by atoms with Crippen LogP contribution in [-0.4, -0.2) is 6.61 Å². The summed E-state index contributed by atoms with van der Waals surface area (Å²) < 4.78 is 5.45. The fourth-order valence-corrected chi connectivity index (χ4v) is 2.04. The Kier molecular flexibility index (Phi) is 3.23. The van der Waals surface area contributed by atoms with E-state index in [4.69, 9.17) is 39.5 Å². The van der Waals surface area contributed by atoms with E-state index < -0.39 is 0 Å². The highest BCUT2D eigenvalue weighted by molar-refractivity contribution is 6.48. The zero-order valence-corrected chi connectivity index (χ0v) is 9.59. The topological polar surface area (TPSA) is 9.23 Å². The molecule has 0 N–H and O–H groups in total. The third-order valence-electron chi connectivity index (χ3n) is 2.13. The Hall–Kier alpha value is 0.0500. The first-order valence-electron chi connectivity index (χ1n) is 4.32. The van der Waals surface area contributed by atoms with E-state index >= 15 is 0 Å². The van der Waals surface area contributed by atoms with Crippen LogP contribution < -0.4 is 0 Å². The van der Waals surface area contributed by atoms with Crippen LogP contribution >= 0.6 is 34.8 Å². The van der Waals surface area contributed by atoms with E-state index in [1.54, 1.807) is 12.1 Å². The lowest BCUT2D eigenvalue weighted by molar-refractivity contribution is 0.216. The molecule has 75 valence electrons. The molecule has 1 fully saturated rings. The second-order valence-electron chi connectivity index (χ2n) is 3.13. The van der Waals surface area contributed by atoms with Gasteiger partial charge in [0.2, 0.25) is 0 Å². The minimum Gasteiger partial charge on any atom is -0.367 e. The second-order valence-corrected chi connectivity index (χ2v) is 4.32. The molecular formula is C10H8Cl3O. The van der Waals surface area contributed by atoms with Gasteiger partial charge in [-0.3, -0.25) is 0 Å². The number of hydrogen-bond acceptors (Lipinski definition) is 1. The maximum atomic E-state index is 5.91. The lowest BCUT2D eigenvalue weighted by Crippen LogP contribution is -1.96. The Morgan fingerprint density at radius 1 is 1.07 bits per heavy atom. The zero-order valence-electron chi connectivity index (χ0n) is 7.32. The summed E-state index contributed by atoms with van der Waals surface area (Å²) in [6.45, 7) is 0.771. The second kappa shape index (κ2) is 4.28. The van der Waals surface area contributed by atoms with Crippen LogP contribution in [0, 0.1) is 6.10 Å². The molecule has 1 aromatic carbocycles. The normalized spacial score (nSPS) is 17.6. The summed E-state index contributed by atoms with van der Waals surface area (Å²) in [5, 5.41) is 1.34. The molecule has 1 saturated heterocycles. The smallest absolute Gasteiger partial charge is 0.126 e. The van der Waals surface area contributed by atoms with Crippen LogP contribution in [-0.2, 0) is 4.74 Å². The van der Waals surface area contributed by atoms with Crippen molar-refractivity contribution in [1.82, 2.24) is 0 Å². The Balaban J connectivity index is 2.34. The van der Waals surface area contributed by atoms with Crippen molar-refractivity contribution in [2.24, 2.45) is 0 Å². The van der Waals surface area contributed by atoms with Crippen molar-refractivity contribution < 1.29 is 4.74 Å². The summed E-state index contributed by atoms with van der Waals surface area (Å²) in [4.78, 5) is 0. The van der Waals surface area contributed by atoms with Gasteiger partial charge in [0.25, 0.3) is 0 Å². The molecule has 0 spiro atoms. The van der Waals surface area contributed by atoms with E-state index in [-0.39, 0.29) is 0 Å². The molecule has 0 saturated carbocycles. The minimum absolute atomic E-state index is 0.399. The third kappa shape index (κ3) is 2.01. The van der Waals surface area contributed by atoms with Gasteiger partial charge in [-0.05, 0) is 30.5 Å². The number of ether oxygens (including phenoxy) is 1. The monoisotopic (exact) mass is 249 g/mol. The summed E-state index contributed by atoms with van der Waals surface area (Å²) in [5.41, 5.74) is 0.932. The van der Waals surface area contributed by atoms with Crippen LogP contribution in [0.3, 0.4) is 0 Å². The molecular weight excluding hydrogens is 242 g/mol. The molecule has 0 amide bonds. The van der Waals surface area contributed by atoms with E-state index in [9.17, 15) is 0 Å². The van der Waals surface area contributed by atoms with Gasteiger partial charge in [-0.2, -0.15) is 0 Å². The maximum Gasteiger partial charge on any atom is 0.126 e. The first-order valence-corrected chi connectivity index (χ1v) is 5.45. The van der Waals surface area contributed by atoms with Gasteiger partial charge in [-0.25, -0.2) is 0 Å². The summed E-state index contributed by atoms with van der Waals surface area (Å²) >= 11 is 17.7. The van der Waals surface area contributed by atoms with E-state index in [1.165, 1.54) is 0 Å². The van der Waals surface area contributed by atoms with E-state index in [0.717, 1.165) is 31.1 Å². The van der Waals surface area contributed by atoms with Gasteiger partial charge >= 0.3 is 0 Å². The van der Waals surface area contributed by atoms with Gasteiger partial charge in [-0.15, -0.1) is 0 Å². The predicted octanol–water partition coefficient (Wildman–Crippen LogP) is 4.34. The highest BCUT2D eigenvalue weighted by Crippen LogP contribution is 2.36. The van der Waals surface area contributed by atoms with Gasteiger partial charge in [-0.1, -0.05) is 34.8 Å². The zero-order chi connectivity index (χ0) is 10.1. The molecule has 1 radical (unpaired) electrons. The molecule has 1 heterocycles. The van der Waals surface area contributed by atoms with Crippen LogP contribution in [0.2, 0.25) is 15.1 Å². The first kappa shape index (κ1) is 10.6. The molecule has 2 rings (SSSR count). The van der Waals surface area contributed by atoms with Crippen LogP contribution in [0.15, 0.2) is 12.1 Å². The van der Waals surface area contributed by atoms with E-state index in [0.29, 0.717) is 15.1 Å². The molecule has 0 bridgehead atoms. The minimum atomic E-state index is 0.399. The summed E-state index contributed by atoms with van der Waals surface area (Å²) in [5.74, 6) is 0. The Morgan fingerprint density at radius 2 is 1.71 bits per heavy atom. The van der Waals surface area contributed by atoms with Gasteiger partial charge < -0.3 is 4.74 Å². The first-order chi connectivity index (χ1) is 6.68. The number of hydrogen-bond donors (Lipinski definition) is 0. The number of benzene rings is 1. The predicted molar refractivity (Wildman–Crippen MR) is 59.0 cm³/mol. The summed E-state index contributed by atoms with van der Waals surface area (Å²) in [7, 11) is 0. The average molecular weight is 251 g/mol. The molecule has 4 heteroatoms. The molecule has 0 atom stereocenters. The average Bonchev–Trinajstić information content (AvgIpc) is 2.66. The molecule has 0 unspecified atom stereocenters. The van der Waals surface area contributed by atoms with Crippen molar-refractivity contribution in [3.8, 4) is 0 Å². The fourth-order valence-electron chi connectivity index (χ4n) is 1.44. The van der Waals surface area contributed by atoms with E-state index in [2.05, 4.69) is 0 Å². The standard InChI is InChI=1S/C10H8Cl3O/c11-7-4-6(5-8(12)10(7)13)9-2-1-3-14-9/h4-5H,1-3H2. The van der Waals surface area contributed by atoms with Gasteiger partial charge in [0.05, 0.1) is 15.1 Å². The highest BCUT2D eigenvalue weighted by Gasteiger charge is 2.20. The molecule has 0 aromatic heterocycles. The quantitative estimate of drug-likeness (QED) is 0.674. The fraction of sp³-hybridized carbons (Fsp3) is 0.300. The van der Waals surface area contributed by atoms with Crippen molar-refractivity contribution in [2.75, 3.05) is 6.61 Å². The SMILES string of the molecule is Clc1cc([C]2CCCO2)cc(Cl)c1Cl. The van der Waals surface area contributed by atoms with Crippen LogP contribution in [0.4, 0.5) is 0 Å². The lowest BCUT2D eigenvalue weighted by atomic mass is 10.1. The van der Waals surface area contributed by atoms with Crippen molar-refractivity contribution >= 4 is 34.8 Å². The van der Waals surface area contributed by atoms with Crippen molar-refractivity contribution in [3.05, 3.63) is 38.9 Å². The van der Waals surface area contributed by atoms with Gasteiger partial charge in [0.15, 0.2) is 0 Å². The van der Waals surface area contributed by atoms with Crippen LogP contribution in [0.5, 0.6) is 0 Å². The molecule has 1 aliphatic heterocycles. The maximum absolute atomic E-state index is 5.91. The van der Waals surface area contributed by atoms with Crippen LogP contribution in [0.25, 0.3) is 0 Å². The largest absolute Gasteiger partial charge is 0.367 e. The molecule has 1 nitrogen and oxygen atoms in total. The number of halogens is 3. The van der Waals surface area contributed by atoms with Gasteiger partial charge in [0.1, 0.15) is 6.10 Å². The highest BCUT2D eigenvalue weighted by atomic mass is 35.5. The molecule has 1 aromatic rings. The third-order valence-corrected chi connectivity index (χ3v) is 3.33. The van der Waals surface area contributed by atoms with E-state index in [1.807, 2.05) is 0 Å². The molecule has 0 aliphatic carbocycles. The van der Waals surface area contributed by atoms with Crippen molar-refractivity contribution in [1.29, 1.82) is 0 Å². The van der Waals surface area contributed by atoms with Crippen molar-refractivity contribution in [2.45, 2.75) is 12.8 Å². The number of rotatable bonds is 1. The van der Waals surface area contributed by atoms with Crippen LogP contribution in [0.1, 0.15) is 18.4 Å². The lowest BCUT2D eigenvalue weighted by Gasteiger charge is -2.10. The molecule has 1 aliphatic rings. The van der Waals surface area contributed by atoms with Gasteiger partial charge in [0, 0.05) is 6.61 Å². The van der Waals surface area contributed by atoms with Crippen molar-refractivity contribution in [3.63, 3.8) is 0 Å². The summed E-state index contributed by atoms with van der Waals surface area (Å²) in [6, 6.07) is 3.58. The summed E-state index contributed by atoms with van der Waals surface area (Å²) in [6.07, 6.45) is 2.94. The Morgan fingerprint density at radius 3 is 2.21 bits per heavy atom. The Bertz CT molecular complexity index is 322.